The SMILES string of the molecule is CN=C(NCC(C)c1ccsc1)NCC(C)(C)SC.I. The van der Waals surface area contributed by atoms with E-state index in [0.29, 0.717) is 5.92 Å². The summed E-state index contributed by atoms with van der Waals surface area (Å²) in [6, 6.07) is 2.18. The Labute approximate surface area is 148 Å². The van der Waals surface area contributed by atoms with Crippen molar-refractivity contribution in [1.29, 1.82) is 0 Å². The van der Waals surface area contributed by atoms with Crippen LogP contribution in [0.15, 0.2) is 21.8 Å². The number of rotatable bonds is 6. The Kier molecular flexibility index (Phi) is 9.92. The van der Waals surface area contributed by atoms with Crippen molar-refractivity contribution < 1.29 is 0 Å². The van der Waals surface area contributed by atoms with Gasteiger partial charge in [-0.05, 0) is 48.4 Å². The maximum Gasteiger partial charge on any atom is 0.191 e. The number of hydrogen-bond donors (Lipinski definition) is 2. The summed E-state index contributed by atoms with van der Waals surface area (Å²) in [7, 11) is 1.82. The summed E-state index contributed by atoms with van der Waals surface area (Å²) in [4.78, 5) is 4.27. The molecule has 0 fully saturated rings. The van der Waals surface area contributed by atoms with Crippen LogP contribution in [-0.2, 0) is 0 Å². The van der Waals surface area contributed by atoms with E-state index in [-0.39, 0.29) is 28.7 Å². The molecule has 1 heterocycles. The molecule has 0 aliphatic rings. The van der Waals surface area contributed by atoms with Gasteiger partial charge in [-0.1, -0.05) is 6.92 Å². The minimum Gasteiger partial charge on any atom is -0.356 e. The Morgan fingerprint density at radius 3 is 2.65 bits per heavy atom. The number of thioether (sulfide) groups is 1. The second kappa shape index (κ2) is 9.89. The Hall–Kier alpha value is 0.0500. The molecule has 3 nitrogen and oxygen atoms in total. The summed E-state index contributed by atoms with van der Waals surface area (Å²) in [6.07, 6.45) is 2.14. The minimum atomic E-state index is 0. The molecule has 1 aromatic heterocycles. The molecular formula is C14H26IN3S2. The maximum absolute atomic E-state index is 4.27. The van der Waals surface area contributed by atoms with Crippen LogP contribution < -0.4 is 10.6 Å². The highest BCUT2D eigenvalue weighted by molar-refractivity contribution is 14.0. The Morgan fingerprint density at radius 1 is 1.45 bits per heavy atom. The van der Waals surface area contributed by atoms with E-state index in [9.17, 15) is 0 Å². The van der Waals surface area contributed by atoms with E-state index in [2.05, 4.69) is 59.5 Å². The molecule has 2 N–H and O–H groups in total. The van der Waals surface area contributed by atoms with E-state index in [1.807, 2.05) is 18.8 Å². The fraction of sp³-hybridized carbons (Fsp3) is 0.643. The van der Waals surface area contributed by atoms with Crippen molar-refractivity contribution in [1.82, 2.24) is 10.6 Å². The topological polar surface area (TPSA) is 36.4 Å². The van der Waals surface area contributed by atoms with Crippen molar-refractivity contribution in [3.8, 4) is 0 Å². The molecule has 0 saturated carbocycles. The van der Waals surface area contributed by atoms with Crippen LogP contribution in [0, 0.1) is 0 Å². The van der Waals surface area contributed by atoms with Gasteiger partial charge in [0.05, 0.1) is 0 Å². The average molecular weight is 427 g/mol. The first-order chi connectivity index (χ1) is 8.98. The van der Waals surface area contributed by atoms with Gasteiger partial charge in [0.2, 0.25) is 0 Å². The molecule has 0 aliphatic carbocycles. The molecule has 0 amide bonds. The fourth-order valence-electron chi connectivity index (χ4n) is 1.51. The molecule has 0 saturated heterocycles. The molecule has 1 aromatic rings. The van der Waals surface area contributed by atoms with Gasteiger partial charge in [0, 0.05) is 24.9 Å². The highest BCUT2D eigenvalue weighted by Crippen LogP contribution is 2.19. The zero-order chi connectivity index (χ0) is 14.3. The van der Waals surface area contributed by atoms with E-state index in [0.717, 1.165) is 19.0 Å². The monoisotopic (exact) mass is 427 g/mol. The number of nitrogens with one attached hydrogen (secondary N) is 2. The number of halogens is 1. The molecule has 0 bridgehead atoms. The smallest absolute Gasteiger partial charge is 0.191 e. The van der Waals surface area contributed by atoms with Crippen LogP contribution in [0.1, 0.15) is 32.3 Å². The fourth-order valence-corrected chi connectivity index (χ4v) is 2.51. The van der Waals surface area contributed by atoms with E-state index in [4.69, 9.17) is 0 Å². The van der Waals surface area contributed by atoms with Gasteiger partial charge in [-0.3, -0.25) is 4.99 Å². The summed E-state index contributed by atoms with van der Waals surface area (Å²) in [5, 5.41) is 11.1. The van der Waals surface area contributed by atoms with E-state index >= 15 is 0 Å². The van der Waals surface area contributed by atoms with Crippen LogP contribution in [-0.4, -0.2) is 37.1 Å². The van der Waals surface area contributed by atoms with Gasteiger partial charge in [0.25, 0.3) is 0 Å². The van der Waals surface area contributed by atoms with Crippen LogP contribution in [0.5, 0.6) is 0 Å². The zero-order valence-corrected chi connectivity index (χ0v) is 16.9. The number of thiophene rings is 1. The molecule has 0 radical (unpaired) electrons. The first kappa shape index (κ1) is 20.1. The first-order valence-corrected chi connectivity index (χ1v) is 8.67. The minimum absolute atomic E-state index is 0. The maximum atomic E-state index is 4.27. The average Bonchev–Trinajstić information content (AvgIpc) is 2.92. The largest absolute Gasteiger partial charge is 0.356 e. The Morgan fingerprint density at radius 2 is 2.15 bits per heavy atom. The van der Waals surface area contributed by atoms with E-state index in [1.165, 1.54) is 5.56 Å². The zero-order valence-electron chi connectivity index (χ0n) is 12.9. The highest BCUT2D eigenvalue weighted by atomic mass is 127. The molecule has 0 aliphatic heterocycles. The molecular weight excluding hydrogens is 401 g/mol. The predicted molar refractivity (Wildman–Crippen MR) is 105 cm³/mol. The molecule has 0 spiro atoms. The van der Waals surface area contributed by atoms with Crippen molar-refractivity contribution >= 4 is 53.0 Å². The second-order valence-electron chi connectivity index (χ2n) is 5.23. The molecule has 1 atom stereocenters. The van der Waals surface area contributed by atoms with Crippen molar-refractivity contribution in [2.75, 3.05) is 26.4 Å². The lowest BCUT2D eigenvalue weighted by molar-refractivity contribution is 0.651. The normalized spacial score (nSPS) is 13.6. The lowest BCUT2D eigenvalue weighted by Crippen LogP contribution is -2.44. The van der Waals surface area contributed by atoms with Gasteiger partial charge in [0.1, 0.15) is 0 Å². The summed E-state index contributed by atoms with van der Waals surface area (Å²) in [6.45, 7) is 8.49. The van der Waals surface area contributed by atoms with Gasteiger partial charge < -0.3 is 10.6 Å². The number of hydrogen-bond acceptors (Lipinski definition) is 3. The Balaban J connectivity index is 0.00000361. The quantitative estimate of drug-likeness (QED) is 0.412. The van der Waals surface area contributed by atoms with Crippen LogP contribution in [0.2, 0.25) is 0 Å². The second-order valence-corrected chi connectivity index (χ2v) is 7.52. The summed E-state index contributed by atoms with van der Waals surface area (Å²) in [5.41, 5.74) is 1.39. The third kappa shape index (κ3) is 7.17. The third-order valence-corrected chi connectivity index (χ3v) is 5.10. The van der Waals surface area contributed by atoms with Crippen molar-refractivity contribution in [3.63, 3.8) is 0 Å². The third-order valence-electron chi connectivity index (χ3n) is 3.15. The summed E-state index contributed by atoms with van der Waals surface area (Å²) >= 11 is 3.61. The highest BCUT2D eigenvalue weighted by Gasteiger charge is 2.16. The lowest BCUT2D eigenvalue weighted by atomic mass is 10.1. The van der Waals surface area contributed by atoms with Crippen LogP contribution >= 0.6 is 47.1 Å². The number of guanidine groups is 1. The molecule has 20 heavy (non-hydrogen) atoms. The van der Waals surface area contributed by atoms with Crippen LogP contribution in [0.4, 0.5) is 0 Å². The molecule has 116 valence electrons. The van der Waals surface area contributed by atoms with Gasteiger partial charge in [-0.2, -0.15) is 23.1 Å². The summed E-state index contributed by atoms with van der Waals surface area (Å²) in [5.74, 6) is 1.38. The van der Waals surface area contributed by atoms with Gasteiger partial charge >= 0.3 is 0 Å². The van der Waals surface area contributed by atoms with E-state index < -0.39 is 0 Å². The first-order valence-electron chi connectivity index (χ1n) is 6.50. The summed E-state index contributed by atoms with van der Waals surface area (Å²) < 4.78 is 0.219. The predicted octanol–water partition coefficient (Wildman–Crippen LogP) is 3.78. The van der Waals surface area contributed by atoms with E-state index in [1.54, 1.807) is 11.3 Å². The van der Waals surface area contributed by atoms with Gasteiger partial charge in [-0.15, -0.1) is 24.0 Å². The van der Waals surface area contributed by atoms with Crippen molar-refractivity contribution in [3.05, 3.63) is 22.4 Å². The molecule has 1 rings (SSSR count). The van der Waals surface area contributed by atoms with Crippen molar-refractivity contribution in [2.24, 2.45) is 4.99 Å². The van der Waals surface area contributed by atoms with Crippen molar-refractivity contribution in [2.45, 2.75) is 31.4 Å². The number of aliphatic imine (C=N–C) groups is 1. The Bertz CT molecular complexity index is 391. The molecule has 6 heteroatoms. The standard InChI is InChI=1S/C14H25N3S2.HI/c1-11(12-6-7-19-9-12)8-16-13(15-4)17-10-14(2,3)18-5;/h6-7,9,11H,8,10H2,1-5H3,(H2,15,16,17);1H. The van der Waals surface area contributed by atoms with Gasteiger partial charge in [0.15, 0.2) is 5.96 Å². The molecule has 1 unspecified atom stereocenters. The lowest BCUT2D eigenvalue weighted by Gasteiger charge is -2.24. The van der Waals surface area contributed by atoms with Crippen LogP contribution in [0.25, 0.3) is 0 Å². The molecule has 0 aromatic carbocycles. The van der Waals surface area contributed by atoms with Crippen LogP contribution in [0.3, 0.4) is 0 Å². The van der Waals surface area contributed by atoms with Gasteiger partial charge in [-0.25, -0.2) is 0 Å². The number of nitrogens with zero attached hydrogens (tertiary/aromatic N) is 1.